The van der Waals surface area contributed by atoms with Crippen LogP contribution in [0.25, 0.3) is 0 Å². The van der Waals surface area contributed by atoms with Crippen molar-refractivity contribution in [1.82, 2.24) is 15.0 Å². The first-order chi connectivity index (χ1) is 10.9. The van der Waals surface area contributed by atoms with Crippen LogP contribution in [0.2, 0.25) is 0 Å². The van der Waals surface area contributed by atoms with Gasteiger partial charge >= 0.3 is 0 Å². The number of thiazole rings is 1. The van der Waals surface area contributed by atoms with Crippen LogP contribution in [0.1, 0.15) is 23.9 Å². The number of nitrogens with one attached hydrogen (secondary N) is 1. The van der Waals surface area contributed by atoms with E-state index in [1.54, 1.807) is 11.3 Å². The molecule has 2 fully saturated rings. The Morgan fingerprint density at radius 3 is 2.82 bits per heavy atom. The highest BCUT2D eigenvalue weighted by molar-refractivity contribution is 7.09. The lowest BCUT2D eigenvalue weighted by molar-refractivity contribution is 0.122. The summed E-state index contributed by atoms with van der Waals surface area (Å²) in [4.78, 5) is 15.7. The van der Waals surface area contributed by atoms with Crippen LogP contribution in [-0.4, -0.2) is 41.3 Å². The van der Waals surface area contributed by atoms with Gasteiger partial charge in [0.05, 0.1) is 19.3 Å². The summed E-state index contributed by atoms with van der Waals surface area (Å²) in [6.07, 6.45) is 6.22. The summed E-state index contributed by atoms with van der Waals surface area (Å²) in [6.45, 7) is 3.18. The van der Waals surface area contributed by atoms with Gasteiger partial charge in [0.1, 0.15) is 10.8 Å². The summed E-state index contributed by atoms with van der Waals surface area (Å²) in [5, 5.41) is 6.74. The van der Waals surface area contributed by atoms with Gasteiger partial charge in [-0.2, -0.15) is 4.98 Å². The van der Waals surface area contributed by atoms with Crippen molar-refractivity contribution < 1.29 is 4.74 Å². The summed E-state index contributed by atoms with van der Waals surface area (Å²) in [5.41, 5.74) is 0. The van der Waals surface area contributed by atoms with Crippen molar-refractivity contribution in [3.63, 3.8) is 0 Å². The highest BCUT2D eigenvalue weighted by Gasteiger charge is 2.34. The van der Waals surface area contributed by atoms with E-state index in [1.807, 2.05) is 23.8 Å². The highest BCUT2D eigenvalue weighted by atomic mass is 32.1. The Labute approximate surface area is 133 Å². The van der Waals surface area contributed by atoms with Gasteiger partial charge in [0, 0.05) is 30.9 Å². The van der Waals surface area contributed by atoms with Crippen LogP contribution < -0.4 is 10.2 Å². The van der Waals surface area contributed by atoms with E-state index in [0.717, 1.165) is 43.1 Å². The SMILES string of the molecule is c1cc(N[C@@H](c2nccs2)C2CC2)nc(N2CCOCC2)n1. The number of anilines is 2. The first-order valence-corrected chi connectivity index (χ1v) is 8.60. The molecular formula is C15H19N5OS. The molecule has 0 unspecified atom stereocenters. The van der Waals surface area contributed by atoms with Gasteiger partial charge in [-0.05, 0) is 24.8 Å². The Balaban J connectivity index is 1.52. The van der Waals surface area contributed by atoms with Crippen LogP contribution in [0.4, 0.5) is 11.8 Å². The number of hydrogen-bond donors (Lipinski definition) is 1. The summed E-state index contributed by atoms with van der Waals surface area (Å²) >= 11 is 1.71. The van der Waals surface area contributed by atoms with Crippen LogP contribution in [0.3, 0.4) is 0 Å². The number of aromatic nitrogens is 3. The molecule has 2 aliphatic rings. The van der Waals surface area contributed by atoms with Gasteiger partial charge in [-0.1, -0.05) is 0 Å². The molecule has 2 aromatic heterocycles. The number of hydrogen-bond acceptors (Lipinski definition) is 7. The minimum Gasteiger partial charge on any atom is -0.378 e. The normalized spacial score (nSPS) is 19.9. The maximum Gasteiger partial charge on any atom is 0.227 e. The quantitative estimate of drug-likeness (QED) is 0.913. The van der Waals surface area contributed by atoms with Crippen LogP contribution in [-0.2, 0) is 4.74 Å². The van der Waals surface area contributed by atoms with E-state index in [1.165, 1.54) is 12.8 Å². The summed E-state index contributed by atoms with van der Waals surface area (Å²) in [6, 6.07) is 2.21. The van der Waals surface area contributed by atoms with Gasteiger partial charge in [-0.15, -0.1) is 11.3 Å². The van der Waals surface area contributed by atoms with E-state index in [-0.39, 0.29) is 6.04 Å². The van der Waals surface area contributed by atoms with E-state index < -0.39 is 0 Å². The van der Waals surface area contributed by atoms with Crippen molar-refractivity contribution in [2.24, 2.45) is 5.92 Å². The summed E-state index contributed by atoms with van der Waals surface area (Å²) in [7, 11) is 0. The average Bonchev–Trinajstić information content (AvgIpc) is 3.28. The molecule has 1 saturated carbocycles. The molecule has 0 bridgehead atoms. The van der Waals surface area contributed by atoms with Crippen LogP contribution >= 0.6 is 11.3 Å². The molecule has 1 aliphatic carbocycles. The van der Waals surface area contributed by atoms with Crippen molar-refractivity contribution in [2.45, 2.75) is 18.9 Å². The number of rotatable bonds is 5. The second-order valence-electron chi connectivity index (χ2n) is 5.67. The number of ether oxygens (including phenoxy) is 1. The zero-order valence-electron chi connectivity index (χ0n) is 12.3. The molecule has 2 aromatic rings. The summed E-state index contributed by atoms with van der Waals surface area (Å²) in [5.74, 6) is 2.33. The molecule has 0 spiro atoms. The number of nitrogens with zero attached hydrogens (tertiary/aromatic N) is 4. The fourth-order valence-corrected chi connectivity index (χ4v) is 3.48. The van der Waals surface area contributed by atoms with E-state index in [4.69, 9.17) is 4.74 Å². The predicted molar refractivity (Wildman–Crippen MR) is 86.3 cm³/mol. The Hall–Kier alpha value is -1.73. The molecule has 1 atom stereocenters. The minimum absolute atomic E-state index is 0.271. The van der Waals surface area contributed by atoms with Crippen LogP contribution in [0.15, 0.2) is 23.8 Å². The maximum absolute atomic E-state index is 5.38. The third kappa shape index (κ3) is 3.05. The smallest absolute Gasteiger partial charge is 0.227 e. The molecular weight excluding hydrogens is 298 g/mol. The monoisotopic (exact) mass is 317 g/mol. The third-order valence-corrected chi connectivity index (χ3v) is 4.91. The molecule has 0 radical (unpaired) electrons. The van der Waals surface area contributed by atoms with Gasteiger partial charge in [0.2, 0.25) is 5.95 Å². The van der Waals surface area contributed by atoms with Crippen molar-refractivity contribution in [2.75, 3.05) is 36.5 Å². The molecule has 22 heavy (non-hydrogen) atoms. The van der Waals surface area contributed by atoms with Gasteiger partial charge in [-0.25, -0.2) is 9.97 Å². The van der Waals surface area contributed by atoms with Crippen molar-refractivity contribution >= 4 is 23.1 Å². The summed E-state index contributed by atoms with van der Waals surface area (Å²) < 4.78 is 5.38. The fraction of sp³-hybridized carbons (Fsp3) is 0.533. The Morgan fingerprint density at radius 1 is 1.23 bits per heavy atom. The zero-order chi connectivity index (χ0) is 14.8. The molecule has 3 heterocycles. The second kappa shape index (κ2) is 6.18. The van der Waals surface area contributed by atoms with E-state index >= 15 is 0 Å². The topological polar surface area (TPSA) is 63.2 Å². The molecule has 7 heteroatoms. The lowest BCUT2D eigenvalue weighted by Gasteiger charge is -2.27. The Bertz CT molecular complexity index is 610. The van der Waals surface area contributed by atoms with Crippen molar-refractivity contribution in [3.8, 4) is 0 Å². The predicted octanol–water partition coefficient (Wildman–Crippen LogP) is 2.33. The van der Waals surface area contributed by atoms with Crippen LogP contribution in [0, 0.1) is 5.92 Å². The zero-order valence-corrected chi connectivity index (χ0v) is 13.1. The number of morpholine rings is 1. The van der Waals surface area contributed by atoms with E-state index in [9.17, 15) is 0 Å². The van der Waals surface area contributed by atoms with E-state index in [0.29, 0.717) is 5.92 Å². The average molecular weight is 317 g/mol. The molecule has 1 saturated heterocycles. The standard InChI is InChI=1S/C15H19N5OS/c1-2-11(1)13(14-16-5-10-22-14)18-12-3-4-17-15(19-12)20-6-8-21-9-7-20/h3-5,10-11,13H,1-2,6-9H2,(H,17,18,19)/t13-/m1/s1. The Kier molecular flexibility index (Phi) is 3.90. The Morgan fingerprint density at radius 2 is 2.09 bits per heavy atom. The minimum atomic E-state index is 0.271. The molecule has 4 rings (SSSR count). The third-order valence-electron chi connectivity index (χ3n) is 4.05. The largest absolute Gasteiger partial charge is 0.378 e. The highest BCUT2D eigenvalue weighted by Crippen LogP contribution is 2.43. The van der Waals surface area contributed by atoms with Crippen molar-refractivity contribution in [1.29, 1.82) is 0 Å². The van der Waals surface area contributed by atoms with Gasteiger partial charge in [-0.3, -0.25) is 0 Å². The molecule has 1 N–H and O–H groups in total. The molecule has 0 amide bonds. The van der Waals surface area contributed by atoms with Gasteiger partial charge in [0.15, 0.2) is 0 Å². The maximum atomic E-state index is 5.38. The lowest BCUT2D eigenvalue weighted by atomic mass is 10.2. The van der Waals surface area contributed by atoms with Crippen molar-refractivity contribution in [3.05, 3.63) is 28.8 Å². The van der Waals surface area contributed by atoms with Crippen LogP contribution in [0.5, 0.6) is 0 Å². The molecule has 0 aromatic carbocycles. The molecule has 6 nitrogen and oxygen atoms in total. The van der Waals surface area contributed by atoms with Gasteiger partial charge in [0.25, 0.3) is 0 Å². The second-order valence-corrected chi connectivity index (χ2v) is 6.60. The molecule has 1 aliphatic heterocycles. The lowest BCUT2D eigenvalue weighted by Crippen LogP contribution is -2.37. The van der Waals surface area contributed by atoms with E-state index in [2.05, 4.69) is 25.2 Å². The fourth-order valence-electron chi connectivity index (χ4n) is 2.70. The first-order valence-electron chi connectivity index (χ1n) is 7.72. The first kappa shape index (κ1) is 13.9. The molecule has 116 valence electrons. The van der Waals surface area contributed by atoms with Gasteiger partial charge < -0.3 is 15.0 Å².